The summed E-state index contributed by atoms with van der Waals surface area (Å²) in [4.78, 5) is 18.5. The molecule has 3 aromatic carbocycles. The van der Waals surface area contributed by atoms with Gasteiger partial charge in [0.05, 0.1) is 11.9 Å². The van der Waals surface area contributed by atoms with Gasteiger partial charge in [0, 0.05) is 11.3 Å². The van der Waals surface area contributed by atoms with Crippen molar-refractivity contribution < 1.29 is 4.79 Å². The van der Waals surface area contributed by atoms with E-state index in [0.29, 0.717) is 5.13 Å². The average molecular weight is 426 g/mol. The van der Waals surface area contributed by atoms with Crippen LogP contribution in [0.2, 0.25) is 0 Å². The van der Waals surface area contributed by atoms with Crippen LogP contribution in [0, 0.1) is 0 Å². The van der Waals surface area contributed by atoms with Gasteiger partial charge in [-0.3, -0.25) is 4.79 Å². The fourth-order valence-corrected chi connectivity index (χ4v) is 4.12. The number of rotatable bonds is 6. The monoisotopic (exact) mass is 425 g/mol. The van der Waals surface area contributed by atoms with Gasteiger partial charge in [0.2, 0.25) is 10.1 Å². The number of amides is 1. The number of benzene rings is 3. The van der Waals surface area contributed by atoms with Crippen LogP contribution in [-0.2, 0) is 4.79 Å². The molecule has 2 N–H and O–H groups in total. The van der Waals surface area contributed by atoms with E-state index < -0.39 is 6.04 Å². The average Bonchev–Trinajstić information content (AvgIpc) is 3.38. The van der Waals surface area contributed by atoms with Gasteiger partial charge in [0.1, 0.15) is 6.04 Å². The van der Waals surface area contributed by atoms with Gasteiger partial charge >= 0.3 is 0 Å². The number of para-hydroxylation sites is 1. The highest BCUT2D eigenvalue weighted by atomic mass is 32.1. The highest BCUT2D eigenvalue weighted by Gasteiger charge is 2.22. The van der Waals surface area contributed by atoms with E-state index >= 15 is 0 Å². The lowest BCUT2D eigenvalue weighted by molar-refractivity contribution is -0.117. The number of imidazole rings is 1. The van der Waals surface area contributed by atoms with Crippen LogP contribution in [0.3, 0.4) is 0 Å². The first kappa shape index (κ1) is 19.0. The topological polar surface area (TPSA) is 71.3 Å². The van der Waals surface area contributed by atoms with Gasteiger partial charge in [-0.1, -0.05) is 90.2 Å². The number of anilines is 2. The molecule has 1 atom stereocenters. The molecule has 0 saturated heterocycles. The Kier molecular flexibility index (Phi) is 5.16. The molecule has 0 aliphatic carbocycles. The molecule has 2 aromatic heterocycles. The Morgan fingerprint density at radius 2 is 1.52 bits per heavy atom. The molecule has 0 radical (unpaired) electrons. The number of aromatic nitrogens is 3. The molecule has 5 rings (SSSR count). The van der Waals surface area contributed by atoms with Crippen LogP contribution < -0.4 is 10.6 Å². The number of nitrogens with one attached hydrogen (secondary N) is 2. The molecule has 0 saturated carbocycles. The summed E-state index contributed by atoms with van der Waals surface area (Å²) in [6.07, 6.45) is 1.90. The van der Waals surface area contributed by atoms with Gasteiger partial charge in [-0.25, -0.2) is 9.50 Å². The maximum atomic E-state index is 13.1. The fourth-order valence-electron chi connectivity index (χ4n) is 3.31. The van der Waals surface area contributed by atoms with Crippen LogP contribution in [0.4, 0.5) is 10.8 Å². The minimum atomic E-state index is -0.592. The van der Waals surface area contributed by atoms with Gasteiger partial charge in [0.15, 0.2) is 0 Å². The molecule has 0 spiro atoms. The molecule has 0 fully saturated rings. The van der Waals surface area contributed by atoms with E-state index in [1.807, 2.05) is 97.2 Å². The van der Waals surface area contributed by atoms with E-state index in [1.165, 1.54) is 11.3 Å². The lowest BCUT2D eigenvalue weighted by Gasteiger charge is -2.18. The molecular weight excluding hydrogens is 406 g/mol. The van der Waals surface area contributed by atoms with Crippen molar-refractivity contribution in [2.24, 2.45) is 0 Å². The zero-order chi connectivity index (χ0) is 21.0. The van der Waals surface area contributed by atoms with Crippen LogP contribution in [0.25, 0.3) is 16.2 Å². The van der Waals surface area contributed by atoms with E-state index in [-0.39, 0.29) is 5.91 Å². The van der Waals surface area contributed by atoms with Crippen molar-refractivity contribution in [3.63, 3.8) is 0 Å². The Bertz CT molecular complexity index is 1270. The van der Waals surface area contributed by atoms with E-state index in [2.05, 4.69) is 20.7 Å². The number of nitrogens with zero attached hydrogens (tertiary/aromatic N) is 3. The Balaban J connectivity index is 1.41. The van der Waals surface area contributed by atoms with Gasteiger partial charge in [0.25, 0.3) is 5.91 Å². The first-order valence-electron chi connectivity index (χ1n) is 9.85. The predicted octanol–water partition coefficient (Wildman–Crippen LogP) is 5.25. The Morgan fingerprint density at radius 1 is 0.871 bits per heavy atom. The van der Waals surface area contributed by atoms with Crippen molar-refractivity contribution in [2.75, 3.05) is 10.6 Å². The van der Waals surface area contributed by atoms with Crippen molar-refractivity contribution in [1.29, 1.82) is 0 Å². The van der Waals surface area contributed by atoms with Gasteiger partial charge in [-0.15, -0.1) is 5.10 Å². The van der Waals surface area contributed by atoms with Crippen molar-refractivity contribution in [1.82, 2.24) is 14.6 Å². The van der Waals surface area contributed by atoms with E-state index in [1.54, 1.807) is 4.52 Å². The van der Waals surface area contributed by atoms with Crippen LogP contribution in [0.15, 0.2) is 97.2 Å². The molecular formula is C24H19N5OS. The standard InChI is InChI=1S/C24H19N5OS/c30-22(25-19-14-8-3-9-15-19)21(18-12-6-2-7-13-18)27-23-28-29-16-20(26-24(29)31-23)17-10-4-1-5-11-17/h1-16,21H,(H,25,30)(H,27,28). The highest BCUT2D eigenvalue weighted by Crippen LogP contribution is 2.28. The minimum absolute atomic E-state index is 0.157. The molecule has 0 aliphatic heterocycles. The largest absolute Gasteiger partial charge is 0.345 e. The third kappa shape index (κ3) is 4.17. The SMILES string of the molecule is O=C(Nc1ccccc1)C(Nc1nn2cc(-c3ccccc3)nc2s1)c1ccccc1. The number of carbonyl (C=O) groups is 1. The van der Waals surface area contributed by atoms with E-state index in [4.69, 9.17) is 0 Å². The maximum Gasteiger partial charge on any atom is 0.251 e. The number of hydrogen-bond acceptors (Lipinski definition) is 5. The second-order valence-corrected chi connectivity index (χ2v) is 7.93. The molecule has 5 aromatic rings. The van der Waals surface area contributed by atoms with E-state index in [9.17, 15) is 4.79 Å². The van der Waals surface area contributed by atoms with E-state index in [0.717, 1.165) is 27.5 Å². The molecule has 152 valence electrons. The predicted molar refractivity (Wildman–Crippen MR) is 124 cm³/mol. The molecule has 31 heavy (non-hydrogen) atoms. The summed E-state index contributed by atoms with van der Waals surface area (Å²) in [7, 11) is 0. The molecule has 2 heterocycles. The second kappa shape index (κ2) is 8.41. The summed E-state index contributed by atoms with van der Waals surface area (Å²) < 4.78 is 1.74. The summed E-state index contributed by atoms with van der Waals surface area (Å²) in [5.74, 6) is -0.157. The van der Waals surface area contributed by atoms with Crippen molar-refractivity contribution in [2.45, 2.75) is 6.04 Å². The van der Waals surface area contributed by atoms with Crippen molar-refractivity contribution in [3.8, 4) is 11.3 Å². The Labute approximate surface area is 183 Å². The number of carbonyl (C=O) groups excluding carboxylic acids is 1. The fraction of sp³-hybridized carbons (Fsp3) is 0.0417. The summed E-state index contributed by atoms with van der Waals surface area (Å²) >= 11 is 1.41. The van der Waals surface area contributed by atoms with Crippen molar-refractivity contribution >= 4 is 33.0 Å². The lowest BCUT2D eigenvalue weighted by Crippen LogP contribution is -2.27. The first-order chi connectivity index (χ1) is 15.3. The van der Waals surface area contributed by atoms with Gasteiger partial charge in [-0.05, 0) is 17.7 Å². The minimum Gasteiger partial charge on any atom is -0.345 e. The summed E-state index contributed by atoms with van der Waals surface area (Å²) in [6.45, 7) is 0. The first-order valence-corrected chi connectivity index (χ1v) is 10.7. The van der Waals surface area contributed by atoms with Gasteiger partial charge < -0.3 is 10.6 Å². The quantitative estimate of drug-likeness (QED) is 0.390. The second-order valence-electron chi connectivity index (χ2n) is 6.97. The third-order valence-corrected chi connectivity index (χ3v) is 5.67. The number of hydrogen-bond donors (Lipinski definition) is 2. The summed E-state index contributed by atoms with van der Waals surface area (Å²) in [6, 6.07) is 28.4. The Morgan fingerprint density at radius 3 is 2.19 bits per heavy atom. The zero-order valence-corrected chi connectivity index (χ0v) is 17.3. The Hall–Kier alpha value is -3.97. The van der Waals surface area contributed by atoms with Crippen molar-refractivity contribution in [3.05, 3.63) is 103 Å². The summed E-state index contributed by atoms with van der Waals surface area (Å²) in [5.41, 5.74) is 3.51. The molecule has 7 heteroatoms. The van der Waals surface area contributed by atoms with Crippen LogP contribution >= 0.6 is 11.3 Å². The van der Waals surface area contributed by atoms with Gasteiger partial charge in [-0.2, -0.15) is 0 Å². The summed E-state index contributed by atoms with van der Waals surface area (Å²) in [5, 5.41) is 11.5. The van der Waals surface area contributed by atoms with Crippen LogP contribution in [0.5, 0.6) is 0 Å². The molecule has 1 unspecified atom stereocenters. The maximum absolute atomic E-state index is 13.1. The molecule has 0 bridgehead atoms. The molecule has 1 amide bonds. The number of fused-ring (bicyclic) bond motifs is 1. The van der Waals surface area contributed by atoms with Crippen LogP contribution in [-0.4, -0.2) is 20.5 Å². The lowest BCUT2D eigenvalue weighted by atomic mass is 10.1. The molecule has 6 nitrogen and oxygen atoms in total. The molecule has 0 aliphatic rings. The smallest absolute Gasteiger partial charge is 0.251 e. The third-order valence-electron chi connectivity index (χ3n) is 4.82. The highest BCUT2D eigenvalue weighted by molar-refractivity contribution is 7.20. The van der Waals surface area contributed by atoms with Crippen LogP contribution in [0.1, 0.15) is 11.6 Å². The normalized spacial score (nSPS) is 11.9. The zero-order valence-electron chi connectivity index (χ0n) is 16.5.